The van der Waals surface area contributed by atoms with E-state index in [4.69, 9.17) is 17.3 Å². The molecule has 1 aromatic rings. The number of benzene rings is 1. The minimum atomic E-state index is -0.369. The van der Waals surface area contributed by atoms with Crippen LogP contribution >= 0.6 is 11.6 Å². The lowest BCUT2D eigenvalue weighted by Crippen LogP contribution is -2.00. The Labute approximate surface area is 65.6 Å². The second-order valence-corrected chi connectivity index (χ2v) is 2.28. The third-order valence-electron chi connectivity index (χ3n) is 1.12. The van der Waals surface area contributed by atoms with Crippen molar-refractivity contribution < 1.29 is 0 Å². The monoisotopic (exact) mass is 158 g/mol. The molecule has 0 fully saturated rings. The summed E-state index contributed by atoms with van der Waals surface area (Å²) in [6.45, 7) is 0. The van der Waals surface area contributed by atoms with Gasteiger partial charge in [-0.3, -0.25) is 0 Å². The lowest BCUT2D eigenvalue weighted by molar-refractivity contribution is 1.02. The van der Waals surface area contributed by atoms with Crippen LogP contribution in [-0.2, 0) is 0 Å². The van der Waals surface area contributed by atoms with Crippen molar-refractivity contribution in [3.8, 4) is 0 Å². The van der Waals surface area contributed by atoms with Crippen LogP contribution in [-0.4, -0.2) is 0 Å². The van der Waals surface area contributed by atoms with Crippen LogP contribution in [0.25, 0.3) is 0 Å². The fraction of sp³-hybridized carbons (Fsp3) is 0.143. The van der Waals surface area contributed by atoms with Gasteiger partial charge in [0.05, 0.1) is 0 Å². The van der Waals surface area contributed by atoms with Crippen LogP contribution in [0.5, 0.6) is 0 Å². The Hall–Kier alpha value is -0.570. The number of hydrogen-bond acceptors (Lipinski definition) is 2. The molecule has 56 valence electrons. The van der Waals surface area contributed by atoms with E-state index in [1.54, 1.807) is 0 Å². The Morgan fingerprint density at radius 2 is 1.70 bits per heavy atom. The molecule has 3 heteroatoms. The number of halogens is 1. The van der Waals surface area contributed by atoms with Crippen LogP contribution in [0.1, 0.15) is 11.1 Å². The molecule has 0 saturated carbocycles. The van der Waals surface area contributed by atoms with Gasteiger partial charge in [0.2, 0.25) is 0 Å². The highest BCUT2D eigenvalue weighted by atomic mass is 35.5. The standard InChI is InChI=1S/C7H8ClN.H3N/c8-7(9)6-4-2-1-3-5-6;/h1-5,7H,9H2;1H3. The third-order valence-corrected chi connectivity index (χ3v) is 1.37. The first kappa shape index (κ1) is 9.43. The molecule has 0 aromatic heterocycles. The molecule has 0 spiro atoms. The van der Waals surface area contributed by atoms with Crippen molar-refractivity contribution >= 4 is 11.6 Å². The maximum Gasteiger partial charge on any atom is 0.106 e. The first-order valence-corrected chi connectivity index (χ1v) is 3.19. The minimum absolute atomic E-state index is 0. The smallest absolute Gasteiger partial charge is 0.106 e. The molecule has 1 rings (SSSR count). The second-order valence-electron chi connectivity index (χ2n) is 1.81. The lowest BCUT2D eigenvalue weighted by Gasteiger charge is -1.99. The summed E-state index contributed by atoms with van der Waals surface area (Å²) in [6.07, 6.45) is 0. The van der Waals surface area contributed by atoms with Gasteiger partial charge in [-0.05, 0) is 5.56 Å². The van der Waals surface area contributed by atoms with Gasteiger partial charge in [0.25, 0.3) is 0 Å². The van der Waals surface area contributed by atoms with E-state index in [0.29, 0.717) is 0 Å². The Morgan fingerprint density at radius 1 is 1.20 bits per heavy atom. The van der Waals surface area contributed by atoms with Crippen molar-refractivity contribution in [2.45, 2.75) is 5.50 Å². The zero-order valence-corrected chi connectivity index (χ0v) is 6.38. The highest BCUT2D eigenvalue weighted by Crippen LogP contribution is 2.11. The predicted octanol–water partition coefficient (Wildman–Crippen LogP) is 2.04. The highest BCUT2D eigenvalue weighted by Gasteiger charge is 1.96. The maximum absolute atomic E-state index is 5.58. The van der Waals surface area contributed by atoms with Gasteiger partial charge in [-0.2, -0.15) is 0 Å². The summed E-state index contributed by atoms with van der Waals surface area (Å²) in [6, 6.07) is 9.56. The van der Waals surface area contributed by atoms with Crippen LogP contribution in [0, 0.1) is 0 Å². The van der Waals surface area contributed by atoms with E-state index in [0.717, 1.165) is 5.56 Å². The topological polar surface area (TPSA) is 61.0 Å². The Bertz CT molecular complexity index is 174. The molecule has 1 atom stereocenters. The van der Waals surface area contributed by atoms with Crippen molar-refractivity contribution in [1.29, 1.82) is 0 Å². The minimum Gasteiger partial charge on any atom is -0.344 e. The van der Waals surface area contributed by atoms with Crippen LogP contribution in [0.15, 0.2) is 30.3 Å². The fourth-order valence-corrected chi connectivity index (χ4v) is 0.782. The summed E-state index contributed by atoms with van der Waals surface area (Å²) in [5, 5.41) is 0. The van der Waals surface area contributed by atoms with Crippen molar-refractivity contribution in [1.82, 2.24) is 6.15 Å². The van der Waals surface area contributed by atoms with Crippen LogP contribution in [0.4, 0.5) is 0 Å². The summed E-state index contributed by atoms with van der Waals surface area (Å²) < 4.78 is 0. The largest absolute Gasteiger partial charge is 0.344 e. The first-order valence-electron chi connectivity index (χ1n) is 2.75. The Balaban J connectivity index is 0.000000810. The van der Waals surface area contributed by atoms with E-state index >= 15 is 0 Å². The number of rotatable bonds is 1. The molecular formula is C7H11ClN2. The quantitative estimate of drug-likeness (QED) is 0.486. The van der Waals surface area contributed by atoms with E-state index in [-0.39, 0.29) is 11.7 Å². The van der Waals surface area contributed by atoms with Gasteiger partial charge in [-0.1, -0.05) is 30.3 Å². The second kappa shape index (κ2) is 4.28. The molecule has 10 heavy (non-hydrogen) atoms. The van der Waals surface area contributed by atoms with Crippen molar-refractivity contribution in [2.75, 3.05) is 0 Å². The molecule has 5 N–H and O–H groups in total. The van der Waals surface area contributed by atoms with E-state index in [1.807, 2.05) is 30.3 Å². The first-order chi connectivity index (χ1) is 4.30. The molecule has 0 aliphatic heterocycles. The van der Waals surface area contributed by atoms with Gasteiger partial charge in [0.1, 0.15) is 5.50 Å². The van der Waals surface area contributed by atoms with E-state index < -0.39 is 0 Å². The third kappa shape index (κ3) is 2.35. The molecule has 0 radical (unpaired) electrons. The molecule has 1 unspecified atom stereocenters. The highest BCUT2D eigenvalue weighted by molar-refractivity contribution is 6.20. The van der Waals surface area contributed by atoms with Gasteiger partial charge in [0.15, 0.2) is 0 Å². The van der Waals surface area contributed by atoms with Crippen LogP contribution in [0.2, 0.25) is 0 Å². The SMILES string of the molecule is N.NC(Cl)c1ccccc1. The maximum atomic E-state index is 5.58. The Kier molecular flexibility index (Phi) is 4.03. The summed E-state index contributed by atoms with van der Waals surface area (Å²) in [5.74, 6) is 0. The number of hydrogen-bond donors (Lipinski definition) is 2. The van der Waals surface area contributed by atoms with E-state index in [2.05, 4.69) is 0 Å². The zero-order chi connectivity index (χ0) is 6.69. The Morgan fingerprint density at radius 3 is 2.00 bits per heavy atom. The summed E-state index contributed by atoms with van der Waals surface area (Å²) >= 11 is 5.58. The van der Waals surface area contributed by atoms with E-state index in [1.165, 1.54) is 0 Å². The summed E-state index contributed by atoms with van der Waals surface area (Å²) in [5.41, 5.74) is 5.97. The van der Waals surface area contributed by atoms with Gasteiger partial charge in [-0.15, -0.1) is 11.6 Å². The average molecular weight is 159 g/mol. The number of nitrogens with two attached hydrogens (primary N) is 1. The molecular weight excluding hydrogens is 148 g/mol. The van der Waals surface area contributed by atoms with Gasteiger partial charge in [0, 0.05) is 0 Å². The molecule has 0 amide bonds. The molecule has 0 saturated heterocycles. The summed E-state index contributed by atoms with van der Waals surface area (Å²) in [7, 11) is 0. The zero-order valence-electron chi connectivity index (χ0n) is 5.63. The molecule has 0 heterocycles. The fourth-order valence-electron chi connectivity index (χ4n) is 0.637. The molecule has 0 aliphatic carbocycles. The van der Waals surface area contributed by atoms with Crippen LogP contribution < -0.4 is 11.9 Å². The average Bonchev–Trinajstić information content (AvgIpc) is 1.90. The summed E-state index contributed by atoms with van der Waals surface area (Å²) in [4.78, 5) is 0. The van der Waals surface area contributed by atoms with E-state index in [9.17, 15) is 0 Å². The normalized spacial score (nSPS) is 11.8. The lowest BCUT2D eigenvalue weighted by atomic mass is 10.2. The van der Waals surface area contributed by atoms with Gasteiger partial charge < -0.3 is 11.9 Å². The van der Waals surface area contributed by atoms with Crippen LogP contribution in [0.3, 0.4) is 0 Å². The van der Waals surface area contributed by atoms with Gasteiger partial charge in [-0.25, -0.2) is 0 Å². The molecule has 0 aliphatic rings. The number of alkyl halides is 1. The van der Waals surface area contributed by atoms with Crippen molar-refractivity contribution in [2.24, 2.45) is 5.73 Å². The van der Waals surface area contributed by atoms with Crippen molar-refractivity contribution in [3.63, 3.8) is 0 Å². The van der Waals surface area contributed by atoms with Gasteiger partial charge >= 0.3 is 0 Å². The van der Waals surface area contributed by atoms with Crippen molar-refractivity contribution in [3.05, 3.63) is 35.9 Å². The predicted molar refractivity (Wildman–Crippen MR) is 44.2 cm³/mol. The molecule has 0 bridgehead atoms. The molecule has 1 aromatic carbocycles. The molecule has 2 nitrogen and oxygen atoms in total.